The third-order valence-electron chi connectivity index (χ3n) is 3.32. The van der Waals surface area contributed by atoms with Crippen molar-refractivity contribution < 1.29 is 9.59 Å². The first-order chi connectivity index (χ1) is 10.0. The summed E-state index contributed by atoms with van der Waals surface area (Å²) in [6, 6.07) is 0. The molecule has 0 radical (unpaired) electrons. The van der Waals surface area contributed by atoms with E-state index in [1.165, 1.54) is 11.3 Å². The number of rotatable bonds is 4. The molecule has 8 heteroatoms. The highest BCUT2D eigenvalue weighted by Crippen LogP contribution is 2.28. The van der Waals surface area contributed by atoms with Crippen molar-refractivity contribution in [3.8, 4) is 0 Å². The number of hydrogen-bond donors (Lipinski definition) is 2. The average molecular weight is 311 g/mol. The molecular weight excluding hydrogens is 290 g/mol. The van der Waals surface area contributed by atoms with Gasteiger partial charge < -0.3 is 20.9 Å². The Morgan fingerprint density at radius 2 is 2.29 bits per heavy atom. The minimum Gasteiger partial charge on any atom is -0.382 e. The molecule has 0 atom stereocenters. The second kappa shape index (κ2) is 6.75. The zero-order valence-electron chi connectivity index (χ0n) is 12.4. The fourth-order valence-corrected chi connectivity index (χ4v) is 3.12. The van der Waals surface area contributed by atoms with Gasteiger partial charge in [0.2, 0.25) is 5.91 Å². The normalized spacial score (nSPS) is 15.5. The van der Waals surface area contributed by atoms with Gasteiger partial charge in [0.15, 0.2) is 5.13 Å². The van der Waals surface area contributed by atoms with Crippen LogP contribution in [0.15, 0.2) is 0 Å². The summed E-state index contributed by atoms with van der Waals surface area (Å²) in [6.45, 7) is 4.35. The van der Waals surface area contributed by atoms with Crippen LogP contribution in [0.1, 0.15) is 29.4 Å². The van der Waals surface area contributed by atoms with Gasteiger partial charge in [0.1, 0.15) is 10.7 Å². The van der Waals surface area contributed by atoms with Gasteiger partial charge in [-0.05, 0) is 6.42 Å². The summed E-state index contributed by atoms with van der Waals surface area (Å²) in [5, 5.41) is 3.50. The summed E-state index contributed by atoms with van der Waals surface area (Å²) in [5.74, 6) is 0.107. The Labute approximate surface area is 128 Å². The van der Waals surface area contributed by atoms with E-state index in [9.17, 15) is 9.59 Å². The highest BCUT2D eigenvalue weighted by molar-refractivity contribution is 7.18. The number of nitrogens with zero attached hydrogens (tertiary/aromatic N) is 3. The van der Waals surface area contributed by atoms with Gasteiger partial charge in [0, 0.05) is 39.6 Å². The molecule has 0 aliphatic carbocycles. The van der Waals surface area contributed by atoms with Gasteiger partial charge in [-0.15, -0.1) is 0 Å². The molecule has 0 bridgehead atoms. The van der Waals surface area contributed by atoms with E-state index in [0.29, 0.717) is 30.9 Å². The van der Waals surface area contributed by atoms with Crippen LogP contribution in [0.3, 0.4) is 0 Å². The highest BCUT2D eigenvalue weighted by Gasteiger charge is 2.25. The predicted octanol–water partition coefficient (Wildman–Crippen LogP) is 0.534. The van der Waals surface area contributed by atoms with E-state index < -0.39 is 0 Å². The van der Waals surface area contributed by atoms with E-state index in [2.05, 4.69) is 17.2 Å². The van der Waals surface area contributed by atoms with Crippen LogP contribution < -0.4 is 16.0 Å². The molecule has 0 aromatic carbocycles. The largest absolute Gasteiger partial charge is 0.382 e. The molecule has 0 spiro atoms. The van der Waals surface area contributed by atoms with Crippen LogP contribution >= 0.6 is 11.3 Å². The van der Waals surface area contributed by atoms with Crippen LogP contribution in [0.5, 0.6) is 0 Å². The van der Waals surface area contributed by atoms with E-state index >= 15 is 0 Å². The first kappa shape index (κ1) is 15.6. The molecule has 0 unspecified atom stereocenters. The zero-order valence-corrected chi connectivity index (χ0v) is 13.2. The number of thiazole rings is 1. The molecule has 0 saturated carbocycles. The van der Waals surface area contributed by atoms with Crippen molar-refractivity contribution in [1.82, 2.24) is 15.2 Å². The molecule has 1 aromatic heterocycles. The van der Waals surface area contributed by atoms with Gasteiger partial charge in [-0.2, -0.15) is 0 Å². The van der Waals surface area contributed by atoms with E-state index in [-0.39, 0.29) is 17.6 Å². The lowest BCUT2D eigenvalue weighted by Gasteiger charge is -2.18. The van der Waals surface area contributed by atoms with Crippen molar-refractivity contribution in [2.75, 3.05) is 43.9 Å². The summed E-state index contributed by atoms with van der Waals surface area (Å²) in [6.07, 6.45) is 1.33. The third-order valence-corrected chi connectivity index (χ3v) is 4.50. The molecule has 2 heterocycles. The van der Waals surface area contributed by atoms with Crippen molar-refractivity contribution in [2.45, 2.75) is 19.8 Å². The molecular formula is C13H21N5O2S. The number of nitrogens with two attached hydrogens (primary N) is 1. The Hall–Kier alpha value is -1.83. The summed E-state index contributed by atoms with van der Waals surface area (Å²) < 4.78 is 0. The van der Waals surface area contributed by atoms with E-state index in [1.807, 2.05) is 11.9 Å². The van der Waals surface area contributed by atoms with Crippen LogP contribution in [-0.4, -0.2) is 54.9 Å². The lowest BCUT2D eigenvalue weighted by Crippen LogP contribution is -2.34. The smallest absolute Gasteiger partial charge is 0.267 e. The summed E-state index contributed by atoms with van der Waals surface area (Å²) in [4.78, 5) is 32.2. The van der Waals surface area contributed by atoms with Gasteiger partial charge >= 0.3 is 0 Å². The molecule has 1 aromatic rings. The van der Waals surface area contributed by atoms with Gasteiger partial charge in [0.25, 0.3) is 5.91 Å². The molecule has 7 nitrogen and oxygen atoms in total. The van der Waals surface area contributed by atoms with Crippen molar-refractivity contribution >= 4 is 34.1 Å². The van der Waals surface area contributed by atoms with Crippen molar-refractivity contribution in [3.05, 3.63) is 4.88 Å². The lowest BCUT2D eigenvalue weighted by atomic mass is 10.3. The van der Waals surface area contributed by atoms with E-state index in [1.54, 1.807) is 4.90 Å². The number of anilines is 2. The maximum Gasteiger partial charge on any atom is 0.267 e. The number of aromatic nitrogens is 1. The van der Waals surface area contributed by atoms with E-state index in [0.717, 1.165) is 18.1 Å². The Morgan fingerprint density at radius 1 is 1.52 bits per heavy atom. The molecule has 1 aliphatic heterocycles. The van der Waals surface area contributed by atoms with Gasteiger partial charge in [-0.25, -0.2) is 4.98 Å². The fourth-order valence-electron chi connectivity index (χ4n) is 2.18. The number of carbonyl (C=O) groups excluding carboxylic acids is 2. The zero-order chi connectivity index (χ0) is 15.4. The molecule has 116 valence electrons. The van der Waals surface area contributed by atoms with E-state index in [4.69, 9.17) is 5.73 Å². The average Bonchev–Trinajstić information content (AvgIpc) is 2.70. The molecule has 3 N–H and O–H groups in total. The summed E-state index contributed by atoms with van der Waals surface area (Å²) in [7, 11) is 1.94. The molecule has 21 heavy (non-hydrogen) atoms. The second-order valence-electron chi connectivity index (χ2n) is 5.02. The topological polar surface area (TPSA) is 91.6 Å². The number of carbonyl (C=O) groups is 2. The Kier molecular flexibility index (Phi) is 5.00. The molecule has 1 fully saturated rings. The minimum absolute atomic E-state index is 0.0223. The third kappa shape index (κ3) is 3.63. The quantitative estimate of drug-likeness (QED) is 0.846. The molecule has 1 saturated heterocycles. The molecule has 2 rings (SSSR count). The van der Waals surface area contributed by atoms with Crippen LogP contribution in [-0.2, 0) is 4.79 Å². The minimum atomic E-state index is -0.141. The van der Waals surface area contributed by atoms with Crippen LogP contribution in [0.4, 0.5) is 10.9 Å². The van der Waals surface area contributed by atoms with Crippen LogP contribution in [0.2, 0.25) is 0 Å². The lowest BCUT2D eigenvalue weighted by molar-refractivity contribution is -0.120. The molecule has 1 aliphatic rings. The number of hydrogen-bond acceptors (Lipinski definition) is 6. The SMILES string of the molecule is CCCN(C)c1nc(N)c(C(=O)N2CCNC(=O)CC2)s1. The first-order valence-corrected chi connectivity index (χ1v) is 7.88. The second-order valence-corrected chi connectivity index (χ2v) is 6.00. The standard InChI is InChI=1S/C13H21N5O2S/c1-3-6-17(2)13-16-11(14)10(21-13)12(20)18-7-4-9(19)15-5-8-18/h3-8,14H2,1-2H3,(H,15,19). The predicted molar refractivity (Wildman–Crippen MR) is 83.6 cm³/mol. The first-order valence-electron chi connectivity index (χ1n) is 7.06. The number of nitrogens with one attached hydrogen (secondary N) is 1. The number of amides is 2. The van der Waals surface area contributed by atoms with Crippen molar-refractivity contribution in [2.24, 2.45) is 0 Å². The fraction of sp³-hybridized carbons (Fsp3) is 0.615. The maximum absolute atomic E-state index is 12.5. The highest BCUT2D eigenvalue weighted by atomic mass is 32.1. The van der Waals surface area contributed by atoms with Gasteiger partial charge in [-0.3, -0.25) is 9.59 Å². The van der Waals surface area contributed by atoms with Crippen LogP contribution in [0.25, 0.3) is 0 Å². The summed E-state index contributed by atoms with van der Waals surface area (Å²) >= 11 is 1.31. The summed E-state index contributed by atoms with van der Waals surface area (Å²) in [5.41, 5.74) is 5.89. The number of nitrogen functional groups attached to an aromatic ring is 1. The Bertz CT molecular complexity index is 531. The molecule has 2 amide bonds. The Morgan fingerprint density at radius 3 is 3.00 bits per heavy atom. The van der Waals surface area contributed by atoms with Gasteiger partial charge in [-0.1, -0.05) is 18.3 Å². The van der Waals surface area contributed by atoms with Crippen molar-refractivity contribution in [1.29, 1.82) is 0 Å². The van der Waals surface area contributed by atoms with Crippen molar-refractivity contribution in [3.63, 3.8) is 0 Å². The van der Waals surface area contributed by atoms with Crippen LogP contribution in [0, 0.1) is 0 Å². The monoisotopic (exact) mass is 311 g/mol. The maximum atomic E-state index is 12.5. The van der Waals surface area contributed by atoms with Gasteiger partial charge in [0.05, 0.1) is 0 Å². The Balaban J connectivity index is 2.13.